The molecule has 0 saturated carbocycles. The third-order valence-corrected chi connectivity index (χ3v) is 7.32. The Morgan fingerprint density at radius 3 is 2.33 bits per heavy atom. The van der Waals surface area contributed by atoms with E-state index < -0.39 is 53.1 Å². The average Bonchev–Trinajstić information content (AvgIpc) is 2.92. The van der Waals surface area contributed by atoms with E-state index in [9.17, 15) is 32.8 Å². The molecule has 232 valence electrons. The van der Waals surface area contributed by atoms with Crippen LogP contribution in [-0.4, -0.2) is 60.3 Å². The minimum Gasteiger partial charge on any atom is -0.463 e. The standard InChI is InChI=1S/C27H28BrF3N4O7S/c1-14(41-16(3)38)25(12-39-15(2)37)42-27(43-19-5-4-17(9-32)20(28)8-19)24(40-13-36)11-35(34)10-23(33)18-6-21(29)26(31)22(30)7-18/h4-8,10,13-14,24-25,27H,11-12,33-34H2,1-3H3/b23-10-. The van der Waals surface area contributed by atoms with E-state index in [1.807, 2.05) is 6.07 Å². The first-order chi connectivity index (χ1) is 20.2. The molecule has 0 aliphatic carbocycles. The molecule has 2 aromatic rings. The van der Waals surface area contributed by atoms with Gasteiger partial charge in [0.05, 0.1) is 17.8 Å². The Kier molecular flexibility index (Phi) is 13.8. The highest BCUT2D eigenvalue weighted by Crippen LogP contribution is 2.33. The number of nitriles is 1. The lowest BCUT2D eigenvalue weighted by atomic mass is 10.1. The van der Waals surface area contributed by atoms with Crippen LogP contribution in [0.15, 0.2) is 45.9 Å². The summed E-state index contributed by atoms with van der Waals surface area (Å²) in [6, 6.07) is 8.13. The number of rotatable bonds is 15. The van der Waals surface area contributed by atoms with Gasteiger partial charge in [0.25, 0.3) is 6.47 Å². The van der Waals surface area contributed by atoms with Crippen LogP contribution in [0.2, 0.25) is 0 Å². The van der Waals surface area contributed by atoms with Gasteiger partial charge in [0, 0.05) is 35.0 Å². The summed E-state index contributed by atoms with van der Waals surface area (Å²) in [4.78, 5) is 35.2. The zero-order valence-electron chi connectivity index (χ0n) is 23.1. The van der Waals surface area contributed by atoms with Crippen molar-refractivity contribution in [2.45, 2.75) is 49.4 Å². The van der Waals surface area contributed by atoms with Gasteiger partial charge in [0.1, 0.15) is 30.3 Å². The summed E-state index contributed by atoms with van der Waals surface area (Å²) in [6.07, 6.45) is -2.11. The number of nitrogens with two attached hydrogens (primary N) is 2. The van der Waals surface area contributed by atoms with Crippen molar-refractivity contribution in [2.24, 2.45) is 11.6 Å². The van der Waals surface area contributed by atoms with Crippen LogP contribution in [0, 0.1) is 28.8 Å². The molecule has 0 aromatic heterocycles. The molecule has 0 amide bonds. The molecule has 0 aliphatic rings. The van der Waals surface area contributed by atoms with Crippen molar-refractivity contribution in [2.75, 3.05) is 13.2 Å². The first kappa shape index (κ1) is 35.4. The van der Waals surface area contributed by atoms with Crippen molar-refractivity contribution < 1.29 is 46.5 Å². The zero-order chi connectivity index (χ0) is 32.3. The minimum absolute atomic E-state index is 0.137. The summed E-state index contributed by atoms with van der Waals surface area (Å²) >= 11 is 4.34. The second kappa shape index (κ2) is 16.8. The number of hydrazine groups is 1. The number of nitrogens with zero attached hydrogens (tertiary/aromatic N) is 2. The molecule has 4 atom stereocenters. The van der Waals surface area contributed by atoms with Crippen LogP contribution in [0.1, 0.15) is 31.9 Å². The van der Waals surface area contributed by atoms with Crippen molar-refractivity contribution in [1.29, 1.82) is 5.26 Å². The fraction of sp³-hybridized carbons (Fsp3) is 0.333. The monoisotopic (exact) mass is 688 g/mol. The lowest BCUT2D eigenvalue weighted by molar-refractivity contribution is -0.168. The highest BCUT2D eigenvalue weighted by atomic mass is 79.9. The van der Waals surface area contributed by atoms with Gasteiger partial charge in [-0.2, -0.15) is 5.26 Å². The largest absolute Gasteiger partial charge is 0.463 e. The summed E-state index contributed by atoms with van der Waals surface area (Å²) in [7, 11) is 0. The van der Waals surface area contributed by atoms with Gasteiger partial charge < -0.3 is 29.7 Å². The van der Waals surface area contributed by atoms with Gasteiger partial charge in [-0.1, -0.05) is 11.8 Å². The number of carbonyl (C=O) groups excluding carboxylic acids is 3. The first-order valence-electron chi connectivity index (χ1n) is 12.3. The van der Waals surface area contributed by atoms with Crippen LogP contribution < -0.4 is 11.6 Å². The molecule has 0 radical (unpaired) electrons. The van der Waals surface area contributed by atoms with E-state index in [2.05, 4.69) is 15.9 Å². The van der Waals surface area contributed by atoms with E-state index in [0.29, 0.717) is 27.1 Å². The van der Waals surface area contributed by atoms with Crippen molar-refractivity contribution in [3.63, 3.8) is 0 Å². The number of esters is 2. The molecule has 0 spiro atoms. The lowest BCUT2D eigenvalue weighted by Crippen LogP contribution is -2.46. The van der Waals surface area contributed by atoms with Crippen molar-refractivity contribution >= 4 is 51.8 Å². The molecule has 0 saturated heterocycles. The van der Waals surface area contributed by atoms with Crippen LogP contribution in [0.3, 0.4) is 0 Å². The number of halogens is 4. The molecule has 4 unspecified atom stereocenters. The van der Waals surface area contributed by atoms with Crippen molar-refractivity contribution in [3.8, 4) is 6.07 Å². The summed E-state index contributed by atoms with van der Waals surface area (Å²) in [6.45, 7) is 3.34. The predicted octanol–water partition coefficient (Wildman–Crippen LogP) is 3.73. The molecule has 2 rings (SSSR count). The van der Waals surface area contributed by atoms with E-state index in [4.69, 9.17) is 30.5 Å². The lowest BCUT2D eigenvalue weighted by Gasteiger charge is -2.33. The predicted molar refractivity (Wildman–Crippen MR) is 152 cm³/mol. The molecular formula is C27H28BrF3N4O7S. The van der Waals surface area contributed by atoms with Gasteiger partial charge in [0.15, 0.2) is 23.6 Å². The SMILES string of the molecule is CC(=O)OCC(OC(Sc1ccc(C#N)c(Br)c1)C(CN(N)/C=C(\N)c1cc(F)c(F)c(F)c1)OC=O)C(C)OC(C)=O. The summed E-state index contributed by atoms with van der Waals surface area (Å²) in [5.41, 5.74) is 4.69. The quantitative estimate of drug-likeness (QED) is 0.0407. The molecule has 0 heterocycles. The van der Waals surface area contributed by atoms with E-state index in [1.165, 1.54) is 26.8 Å². The smallest absolute Gasteiger partial charge is 0.302 e. The maximum atomic E-state index is 13.7. The van der Waals surface area contributed by atoms with Gasteiger partial charge in [-0.15, -0.1) is 0 Å². The molecule has 11 nitrogen and oxygen atoms in total. The zero-order valence-corrected chi connectivity index (χ0v) is 25.5. The number of hydrogen-bond donors (Lipinski definition) is 2. The highest BCUT2D eigenvalue weighted by molar-refractivity contribution is 9.10. The third-order valence-electron chi connectivity index (χ3n) is 5.50. The summed E-state index contributed by atoms with van der Waals surface area (Å²) in [5.74, 6) is 0.213. The second-order valence-corrected chi connectivity index (χ2v) is 10.9. The summed E-state index contributed by atoms with van der Waals surface area (Å²) in [5, 5.41) is 10.2. The molecule has 43 heavy (non-hydrogen) atoms. The number of hydrogen-bond acceptors (Lipinski definition) is 12. The van der Waals surface area contributed by atoms with Crippen molar-refractivity contribution in [1.82, 2.24) is 5.01 Å². The van der Waals surface area contributed by atoms with Crippen LogP contribution in [0.25, 0.3) is 5.70 Å². The van der Waals surface area contributed by atoms with Crippen LogP contribution in [0.5, 0.6) is 0 Å². The Hall–Kier alpha value is -3.78. The Morgan fingerprint density at radius 2 is 1.79 bits per heavy atom. The van der Waals surface area contributed by atoms with Gasteiger partial charge in [0.2, 0.25) is 0 Å². The first-order valence-corrected chi connectivity index (χ1v) is 14.0. The van der Waals surface area contributed by atoms with Gasteiger partial charge in [-0.05, 0) is 53.2 Å². The van der Waals surface area contributed by atoms with Crippen LogP contribution in [0.4, 0.5) is 13.2 Å². The Balaban J connectivity index is 2.45. The Labute approximate surface area is 258 Å². The average molecular weight is 690 g/mol. The molecule has 0 bridgehead atoms. The van der Waals surface area contributed by atoms with E-state index in [1.54, 1.807) is 12.1 Å². The van der Waals surface area contributed by atoms with Crippen LogP contribution in [-0.2, 0) is 33.3 Å². The van der Waals surface area contributed by atoms with Gasteiger partial charge >= 0.3 is 11.9 Å². The molecular weight excluding hydrogens is 661 g/mol. The Morgan fingerprint density at radius 1 is 1.14 bits per heavy atom. The summed E-state index contributed by atoms with van der Waals surface area (Å²) < 4.78 is 63.0. The molecule has 16 heteroatoms. The third kappa shape index (κ3) is 11.1. The van der Waals surface area contributed by atoms with E-state index >= 15 is 0 Å². The second-order valence-electron chi connectivity index (χ2n) is 8.84. The van der Waals surface area contributed by atoms with E-state index in [-0.39, 0.29) is 30.9 Å². The van der Waals surface area contributed by atoms with Gasteiger partial charge in [-0.3, -0.25) is 14.4 Å². The highest BCUT2D eigenvalue weighted by Gasteiger charge is 2.33. The molecule has 4 N–H and O–H groups in total. The maximum absolute atomic E-state index is 13.7. The molecule has 2 aromatic carbocycles. The fourth-order valence-corrected chi connectivity index (χ4v) is 5.20. The molecule has 0 aliphatic heterocycles. The normalized spacial score (nSPS) is 14.1. The van der Waals surface area contributed by atoms with Crippen LogP contribution >= 0.6 is 27.7 Å². The maximum Gasteiger partial charge on any atom is 0.302 e. The van der Waals surface area contributed by atoms with E-state index in [0.717, 1.165) is 23.0 Å². The number of carbonyl (C=O) groups is 3. The topological polar surface area (TPSA) is 167 Å². The number of thioether (sulfide) groups is 1. The fourth-order valence-electron chi connectivity index (χ4n) is 3.48. The van der Waals surface area contributed by atoms with Gasteiger partial charge in [-0.25, -0.2) is 19.0 Å². The van der Waals surface area contributed by atoms with Crippen molar-refractivity contribution in [3.05, 3.63) is 69.6 Å². The molecule has 0 fully saturated rings. The minimum atomic E-state index is -1.67. The number of benzene rings is 2. The number of ether oxygens (including phenoxy) is 4. The Bertz CT molecular complexity index is 1370.